The van der Waals surface area contributed by atoms with Crippen LogP contribution in [0.2, 0.25) is 0 Å². The van der Waals surface area contributed by atoms with Crippen molar-refractivity contribution in [2.75, 3.05) is 45.4 Å². The highest BCUT2D eigenvalue weighted by Crippen LogP contribution is 2.39. The molecule has 3 amide bonds. The quantitative estimate of drug-likeness (QED) is 0.641. The zero-order valence-electron chi connectivity index (χ0n) is 20.1. The SMILES string of the molecule is CCCCN(C(=O)O)[C@@H](C(=O)N1CCC2(CC1)C(=O)N(C)CN2c1ccccc1)[C@H](C)OC. The third-order valence-corrected chi connectivity index (χ3v) is 6.99. The van der Waals surface area contributed by atoms with E-state index in [2.05, 4.69) is 4.90 Å². The Morgan fingerprint density at radius 2 is 1.85 bits per heavy atom. The van der Waals surface area contributed by atoms with Crippen molar-refractivity contribution < 1.29 is 24.2 Å². The Labute approximate surface area is 195 Å². The number of likely N-dealkylation sites (N-methyl/N-ethyl adjacent to an activating group) is 1. The second-order valence-electron chi connectivity index (χ2n) is 8.98. The number of rotatable bonds is 8. The van der Waals surface area contributed by atoms with E-state index < -0.39 is 23.8 Å². The number of anilines is 1. The van der Waals surface area contributed by atoms with Crippen molar-refractivity contribution in [2.45, 2.75) is 57.2 Å². The van der Waals surface area contributed by atoms with Crippen LogP contribution in [0.4, 0.5) is 10.5 Å². The molecule has 1 aromatic rings. The van der Waals surface area contributed by atoms with Gasteiger partial charge in [-0.15, -0.1) is 0 Å². The number of hydrogen-bond donors (Lipinski definition) is 1. The molecule has 0 bridgehead atoms. The van der Waals surface area contributed by atoms with Gasteiger partial charge in [-0.2, -0.15) is 0 Å². The molecule has 3 rings (SSSR count). The van der Waals surface area contributed by atoms with E-state index in [9.17, 15) is 19.5 Å². The van der Waals surface area contributed by atoms with Crippen LogP contribution in [-0.2, 0) is 14.3 Å². The van der Waals surface area contributed by atoms with Crippen molar-refractivity contribution >= 4 is 23.6 Å². The van der Waals surface area contributed by atoms with E-state index in [-0.39, 0.29) is 18.4 Å². The van der Waals surface area contributed by atoms with E-state index in [0.717, 1.165) is 12.1 Å². The molecule has 2 saturated heterocycles. The first-order valence-electron chi connectivity index (χ1n) is 11.7. The normalized spacial score (nSPS) is 19.6. The predicted octanol–water partition coefficient (Wildman–Crippen LogP) is 2.47. The molecule has 1 aromatic carbocycles. The summed E-state index contributed by atoms with van der Waals surface area (Å²) in [4.78, 5) is 45.5. The number of benzene rings is 1. The number of nitrogens with zero attached hydrogens (tertiary/aromatic N) is 4. The number of carbonyl (C=O) groups excluding carboxylic acids is 2. The molecule has 182 valence electrons. The van der Waals surface area contributed by atoms with Gasteiger partial charge in [-0.25, -0.2) is 4.79 Å². The van der Waals surface area contributed by atoms with Crippen LogP contribution in [0.3, 0.4) is 0 Å². The third kappa shape index (κ3) is 4.78. The van der Waals surface area contributed by atoms with Crippen LogP contribution in [0.25, 0.3) is 0 Å². The first kappa shape index (κ1) is 24.8. The standard InChI is InChI=1S/C24H36N4O5/c1-5-6-14-27(23(31)32)20(18(2)33-4)21(29)26-15-12-24(13-16-26)22(30)25(3)17-28(24)19-10-8-7-9-11-19/h7-11,18,20H,5-6,12-17H2,1-4H3,(H,31,32)/t18-,20+/m0/s1. The fourth-order valence-corrected chi connectivity index (χ4v) is 4.99. The minimum absolute atomic E-state index is 0.0652. The summed E-state index contributed by atoms with van der Waals surface area (Å²) >= 11 is 0. The summed E-state index contributed by atoms with van der Waals surface area (Å²) < 4.78 is 5.41. The highest BCUT2D eigenvalue weighted by Gasteiger charge is 2.53. The highest BCUT2D eigenvalue weighted by atomic mass is 16.5. The maximum atomic E-state index is 13.5. The van der Waals surface area contributed by atoms with E-state index in [1.807, 2.05) is 37.3 Å². The summed E-state index contributed by atoms with van der Waals surface area (Å²) in [6, 6.07) is 8.94. The molecule has 1 spiro atoms. The Morgan fingerprint density at radius 3 is 2.39 bits per heavy atom. The fraction of sp³-hybridized carbons (Fsp3) is 0.625. The second kappa shape index (κ2) is 10.4. The van der Waals surface area contributed by atoms with Crippen LogP contribution in [0.5, 0.6) is 0 Å². The molecule has 0 unspecified atom stereocenters. The number of unbranched alkanes of at least 4 members (excludes halogenated alkanes) is 1. The summed E-state index contributed by atoms with van der Waals surface area (Å²) in [7, 11) is 3.29. The molecule has 2 aliphatic heterocycles. The van der Waals surface area contributed by atoms with Crippen molar-refractivity contribution in [1.82, 2.24) is 14.7 Å². The average molecular weight is 461 g/mol. The number of methoxy groups -OCH3 is 1. The van der Waals surface area contributed by atoms with E-state index in [0.29, 0.717) is 39.0 Å². The number of carbonyl (C=O) groups is 3. The number of piperidine rings is 1. The van der Waals surface area contributed by atoms with Gasteiger partial charge in [-0.3, -0.25) is 14.5 Å². The maximum Gasteiger partial charge on any atom is 0.408 e. The predicted molar refractivity (Wildman–Crippen MR) is 125 cm³/mol. The van der Waals surface area contributed by atoms with Gasteiger partial charge in [0.1, 0.15) is 11.6 Å². The van der Waals surface area contributed by atoms with E-state index in [1.54, 1.807) is 23.8 Å². The molecule has 0 saturated carbocycles. The summed E-state index contributed by atoms with van der Waals surface area (Å²) in [6.07, 6.45) is 0.773. The van der Waals surface area contributed by atoms with Gasteiger partial charge in [0.2, 0.25) is 11.8 Å². The Kier molecular flexibility index (Phi) is 7.84. The van der Waals surface area contributed by atoms with Crippen molar-refractivity contribution in [3.63, 3.8) is 0 Å². The maximum absolute atomic E-state index is 13.5. The summed E-state index contributed by atoms with van der Waals surface area (Å²) in [5.41, 5.74) is 0.293. The summed E-state index contributed by atoms with van der Waals surface area (Å²) in [5.74, 6) is -0.196. The largest absolute Gasteiger partial charge is 0.465 e. The summed E-state index contributed by atoms with van der Waals surface area (Å²) in [6.45, 7) is 5.26. The monoisotopic (exact) mass is 460 g/mol. The van der Waals surface area contributed by atoms with E-state index in [4.69, 9.17) is 4.74 Å². The van der Waals surface area contributed by atoms with Gasteiger partial charge in [0.15, 0.2) is 0 Å². The van der Waals surface area contributed by atoms with Gasteiger partial charge >= 0.3 is 6.09 Å². The molecule has 0 aliphatic carbocycles. The van der Waals surface area contributed by atoms with Gasteiger partial charge in [-0.05, 0) is 38.3 Å². The van der Waals surface area contributed by atoms with Gasteiger partial charge in [0, 0.05) is 39.5 Å². The number of carboxylic acid groups (broad SMARTS) is 1. The number of hydrogen-bond acceptors (Lipinski definition) is 5. The van der Waals surface area contributed by atoms with Crippen LogP contribution in [0.15, 0.2) is 30.3 Å². The van der Waals surface area contributed by atoms with Crippen molar-refractivity contribution in [1.29, 1.82) is 0 Å². The van der Waals surface area contributed by atoms with Crippen LogP contribution < -0.4 is 4.90 Å². The van der Waals surface area contributed by atoms with Crippen molar-refractivity contribution in [2.24, 2.45) is 0 Å². The Hall–Kier alpha value is -2.81. The lowest BCUT2D eigenvalue weighted by Gasteiger charge is -2.45. The van der Waals surface area contributed by atoms with Crippen LogP contribution in [0.1, 0.15) is 39.5 Å². The molecule has 33 heavy (non-hydrogen) atoms. The minimum Gasteiger partial charge on any atom is -0.465 e. The van der Waals surface area contributed by atoms with Crippen LogP contribution in [-0.4, -0.2) is 95.9 Å². The second-order valence-corrected chi connectivity index (χ2v) is 8.98. The topological polar surface area (TPSA) is 93.6 Å². The molecule has 2 aliphatic rings. The Bertz CT molecular complexity index is 841. The first-order chi connectivity index (χ1) is 15.8. The molecule has 2 fully saturated rings. The Balaban J connectivity index is 1.80. The molecule has 2 atom stereocenters. The minimum atomic E-state index is -1.12. The molecular weight excluding hydrogens is 424 g/mol. The third-order valence-electron chi connectivity index (χ3n) is 6.99. The van der Waals surface area contributed by atoms with Gasteiger partial charge in [-0.1, -0.05) is 31.5 Å². The lowest BCUT2D eigenvalue weighted by molar-refractivity contribution is -0.144. The van der Waals surface area contributed by atoms with Crippen LogP contribution in [0, 0.1) is 0 Å². The van der Waals surface area contributed by atoms with Crippen molar-refractivity contribution in [3.05, 3.63) is 30.3 Å². The number of amides is 3. The molecular formula is C24H36N4O5. The van der Waals surface area contributed by atoms with Crippen LogP contribution >= 0.6 is 0 Å². The molecule has 9 heteroatoms. The fourth-order valence-electron chi connectivity index (χ4n) is 4.99. The number of ether oxygens (including phenoxy) is 1. The average Bonchev–Trinajstić information content (AvgIpc) is 3.06. The number of para-hydroxylation sites is 1. The van der Waals surface area contributed by atoms with Gasteiger partial charge in [0.05, 0.1) is 12.8 Å². The molecule has 2 heterocycles. The van der Waals surface area contributed by atoms with Gasteiger partial charge < -0.3 is 24.5 Å². The van der Waals surface area contributed by atoms with Gasteiger partial charge in [0.25, 0.3) is 0 Å². The van der Waals surface area contributed by atoms with E-state index >= 15 is 0 Å². The zero-order valence-corrected chi connectivity index (χ0v) is 20.1. The smallest absolute Gasteiger partial charge is 0.408 e. The first-order valence-corrected chi connectivity index (χ1v) is 11.7. The molecule has 0 aromatic heterocycles. The summed E-state index contributed by atoms with van der Waals surface area (Å²) in [5, 5.41) is 9.80. The van der Waals surface area contributed by atoms with Crippen molar-refractivity contribution in [3.8, 4) is 0 Å². The molecule has 0 radical (unpaired) electrons. The lowest BCUT2D eigenvalue weighted by Crippen LogP contribution is -2.61. The number of likely N-dealkylation sites (tertiary alicyclic amines) is 1. The molecule has 1 N–H and O–H groups in total. The highest BCUT2D eigenvalue weighted by molar-refractivity contribution is 5.94. The molecule has 9 nitrogen and oxygen atoms in total. The Morgan fingerprint density at radius 1 is 1.21 bits per heavy atom. The lowest BCUT2D eigenvalue weighted by atomic mass is 9.85. The van der Waals surface area contributed by atoms with E-state index in [1.165, 1.54) is 12.0 Å². The zero-order chi connectivity index (χ0) is 24.2.